The van der Waals surface area contributed by atoms with E-state index in [1.807, 2.05) is 6.92 Å². The normalized spacial score (nSPS) is 30.2. The number of piperidine rings is 1. The van der Waals surface area contributed by atoms with E-state index >= 15 is 0 Å². The van der Waals surface area contributed by atoms with Crippen LogP contribution in [0, 0.1) is 11.8 Å². The van der Waals surface area contributed by atoms with Crippen LogP contribution in [-0.4, -0.2) is 54.4 Å². The van der Waals surface area contributed by atoms with Crippen molar-refractivity contribution in [2.75, 3.05) is 26.2 Å². The van der Waals surface area contributed by atoms with E-state index in [4.69, 9.17) is 9.84 Å². The first-order valence-corrected chi connectivity index (χ1v) is 7.42. The molecule has 0 aliphatic carbocycles. The predicted octanol–water partition coefficient (Wildman–Crippen LogP) is 1.31. The lowest BCUT2D eigenvalue weighted by molar-refractivity contribution is -0.138. The molecule has 0 radical (unpaired) electrons. The number of aliphatic carboxylic acids is 1. The number of nitrogens with zero attached hydrogens (tertiary/aromatic N) is 1. The maximum atomic E-state index is 12.1. The van der Waals surface area contributed by atoms with Crippen molar-refractivity contribution >= 4 is 12.0 Å². The summed E-state index contributed by atoms with van der Waals surface area (Å²) >= 11 is 0. The molecule has 3 unspecified atom stereocenters. The molecule has 2 aliphatic heterocycles. The third-order valence-electron chi connectivity index (χ3n) is 4.32. The number of likely N-dealkylation sites (tertiary alicyclic amines) is 1. The van der Waals surface area contributed by atoms with E-state index < -0.39 is 5.97 Å². The van der Waals surface area contributed by atoms with Crippen molar-refractivity contribution in [2.24, 2.45) is 11.8 Å². The summed E-state index contributed by atoms with van der Waals surface area (Å²) in [6, 6.07) is -0.0702. The summed E-state index contributed by atoms with van der Waals surface area (Å²) in [5, 5.41) is 11.8. The van der Waals surface area contributed by atoms with Crippen LogP contribution in [-0.2, 0) is 9.53 Å². The molecule has 20 heavy (non-hydrogen) atoms. The minimum atomic E-state index is -0.783. The molecule has 3 atom stereocenters. The van der Waals surface area contributed by atoms with Crippen molar-refractivity contribution < 1.29 is 19.4 Å². The van der Waals surface area contributed by atoms with Gasteiger partial charge >= 0.3 is 12.0 Å². The Balaban J connectivity index is 1.75. The van der Waals surface area contributed by atoms with E-state index in [9.17, 15) is 9.59 Å². The third-order valence-corrected chi connectivity index (χ3v) is 4.32. The summed E-state index contributed by atoms with van der Waals surface area (Å²) in [6.07, 6.45) is 3.12. The summed E-state index contributed by atoms with van der Waals surface area (Å²) in [7, 11) is 0. The fourth-order valence-corrected chi connectivity index (χ4v) is 3.04. The van der Waals surface area contributed by atoms with Crippen molar-refractivity contribution in [3.8, 4) is 0 Å². The summed E-state index contributed by atoms with van der Waals surface area (Å²) in [6.45, 7) is 4.72. The number of carbonyl (C=O) groups excluding carboxylic acids is 1. The lowest BCUT2D eigenvalue weighted by Crippen LogP contribution is -2.47. The van der Waals surface area contributed by atoms with Gasteiger partial charge in [-0.25, -0.2) is 4.79 Å². The van der Waals surface area contributed by atoms with Crippen molar-refractivity contribution in [1.29, 1.82) is 0 Å². The van der Waals surface area contributed by atoms with Crippen molar-refractivity contribution in [1.82, 2.24) is 10.2 Å². The number of hydrogen-bond donors (Lipinski definition) is 2. The molecule has 0 aromatic carbocycles. The average molecular weight is 284 g/mol. The molecule has 2 saturated heterocycles. The number of carbonyl (C=O) groups is 2. The minimum absolute atomic E-state index is 0.0702. The van der Waals surface area contributed by atoms with Gasteiger partial charge in [0.2, 0.25) is 0 Å². The van der Waals surface area contributed by atoms with Crippen LogP contribution in [0.1, 0.15) is 32.6 Å². The van der Waals surface area contributed by atoms with Gasteiger partial charge in [-0.05, 0) is 32.1 Å². The van der Waals surface area contributed by atoms with Crippen LogP contribution in [0.2, 0.25) is 0 Å². The summed E-state index contributed by atoms with van der Waals surface area (Å²) < 4.78 is 5.47. The Morgan fingerprint density at radius 1 is 1.40 bits per heavy atom. The molecule has 2 heterocycles. The third kappa shape index (κ3) is 4.10. The Bertz CT molecular complexity index is 361. The second kappa shape index (κ2) is 6.92. The molecule has 2 fully saturated rings. The molecule has 6 heteroatoms. The summed E-state index contributed by atoms with van der Waals surface area (Å²) in [5.74, 6) is -0.312. The standard InChI is InChI=1S/C14H24N2O4/c1-10-12(4-6-20-10)8-15-14(19)16-5-2-3-11(9-16)7-13(17)18/h10-12H,2-9H2,1H3,(H,15,19)(H,17,18). The molecule has 6 nitrogen and oxygen atoms in total. The zero-order chi connectivity index (χ0) is 14.5. The highest BCUT2D eigenvalue weighted by Gasteiger charge is 2.28. The first-order valence-electron chi connectivity index (χ1n) is 7.42. The number of nitrogens with one attached hydrogen (secondary N) is 1. The largest absolute Gasteiger partial charge is 0.481 e. The number of carboxylic acid groups (broad SMARTS) is 1. The molecule has 0 spiro atoms. The maximum absolute atomic E-state index is 12.1. The van der Waals surface area contributed by atoms with Crippen LogP contribution in [0.4, 0.5) is 4.79 Å². The molecule has 2 aliphatic rings. The molecule has 2 amide bonds. The highest BCUT2D eigenvalue weighted by molar-refractivity contribution is 5.74. The van der Waals surface area contributed by atoms with Crippen molar-refractivity contribution in [3.63, 3.8) is 0 Å². The number of hydrogen-bond acceptors (Lipinski definition) is 3. The Morgan fingerprint density at radius 2 is 2.20 bits per heavy atom. The highest BCUT2D eigenvalue weighted by Crippen LogP contribution is 2.21. The van der Waals surface area contributed by atoms with Gasteiger partial charge in [0.25, 0.3) is 0 Å². The topological polar surface area (TPSA) is 78.9 Å². The maximum Gasteiger partial charge on any atom is 0.317 e. The zero-order valence-electron chi connectivity index (χ0n) is 12.0. The van der Waals surface area contributed by atoms with E-state index in [0.29, 0.717) is 19.0 Å². The molecule has 0 saturated carbocycles. The van der Waals surface area contributed by atoms with Gasteiger partial charge in [-0.3, -0.25) is 4.79 Å². The van der Waals surface area contributed by atoms with E-state index in [1.165, 1.54) is 0 Å². The first kappa shape index (κ1) is 15.1. The van der Waals surface area contributed by atoms with E-state index in [0.717, 1.165) is 32.4 Å². The van der Waals surface area contributed by atoms with Crippen LogP contribution in [0.15, 0.2) is 0 Å². The number of carboxylic acids is 1. The Kier molecular flexibility index (Phi) is 5.23. The van der Waals surface area contributed by atoms with Crippen molar-refractivity contribution in [3.05, 3.63) is 0 Å². The molecule has 0 aromatic heterocycles. The minimum Gasteiger partial charge on any atom is -0.481 e. The fraction of sp³-hybridized carbons (Fsp3) is 0.857. The Labute approximate surface area is 119 Å². The van der Waals surface area contributed by atoms with Gasteiger partial charge in [-0.1, -0.05) is 0 Å². The zero-order valence-corrected chi connectivity index (χ0v) is 12.0. The molecule has 114 valence electrons. The summed E-state index contributed by atoms with van der Waals surface area (Å²) in [4.78, 5) is 24.6. The van der Waals surface area contributed by atoms with Gasteiger partial charge in [0.1, 0.15) is 0 Å². The lowest BCUT2D eigenvalue weighted by Gasteiger charge is -2.32. The average Bonchev–Trinajstić information content (AvgIpc) is 2.81. The molecular weight excluding hydrogens is 260 g/mol. The van der Waals surface area contributed by atoms with E-state index in [-0.39, 0.29) is 24.5 Å². The van der Waals surface area contributed by atoms with Crippen LogP contribution >= 0.6 is 0 Å². The number of ether oxygens (including phenoxy) is 1. The van der Waals surface area contributed by atoms with Gasteiger partial charge in [-0.15, -0.1) is 0 Å². The molecule has 0 aromatic rings. The smallest absolute Gasteiger partial charge is 0.317 e. The SMILES string of the molecule is CC1OCCC1CNC(=O)N1CCCC(CC(=O)O)C1. The van der Waals surface area contributed by atoms with E-state index in [2.05, 4.69) is 5.32 Å². The monoisotopic (exact) mass is 284 g/mol. The van der Waals surface area contributed by atoms with Gasteiger partial charge in [0, 0.05) is 38.6 Å². The summed E-state index contributed by atoms with van der Waals surface area (Å²) in [5.41, 5.74) is 0. The van der Waals surface area contributed by atoms with Crippen molar-refractivity contribution in [2.45, 2.75) is 38.7 Å². The number of amides is 2. The first-order chi connectivity index (χ1) is 9.56. The molecule has 0 bridgehead atoms. The Hall–Kier alpha value is -1.30. The van der Waals surface area contributed by atoms with Gasteiger partial charge in [0.05, 0.1) is 6.10 Å². The van der Waals surface area contributed by atoms with Crippen LogP contribution < -0.4 is 5.32 Å². The van der Waals surface area contributed by atoms with Gasteiger partial charge in [0.15, 0.2) is 0 Å². The highest BCUT2D eigenvalue weighted by atomic mass is 16.5. The fourth-order valence-electron chi connectivity index (χ4n) is 3.04. The van der Waals surface area contributed by atoms with Crippen LogP contribution in [0.3, 0.4) is 0 Å². The lowest BCUT2D eigenvalue weighted by atomic mass is 9.95. The second-order valence-electron chi connectivity index (χ2n) is 5.86. The quantitative estimate of drug-likeness (QED) is 0.816. The molecular formula is C14H24N2O4. The molecule has 2 rings (SSSR count). The number of rotatable bonds is 4. The van der Waals surface area contributed by atoms with Gasteiger partial charge < -0.3 is 20.1 Å². The van der Waals surface area contributed by atoms with Crippen LogP contribution in [0.5, 0.6) is 0 Å². The predicted molar refractivity (Wildman–Crippen MR) is 73.5 cm³/mol. The van der Waals surface area contributed by atoms with E-state index in [1.54, 1.807) is 4.90 Å². The number of urea groups is 1. The van der Waals surface area contributed by atoms with Crippen LogP contribution in [0.25, 0.3) is 0 Å². The molecule has 2 N–H and O–H groups in total. The van der Waals surface area contributed by atoms with Gasteiger partial charge in [-0.2, -0.15) is 0 Å². The second-order valence-corrected chi connectivity index (χ2v) is 5.86. The Morgan fingerprint density at radius 3 is 2.85 bits per heavy atom.